The predicted octanol–water partition coefficient (Wildman–Crippen LogP) is -2.08. The van der Waals surface area contributed by atoms with E-state index in [2.05, 4.69) is 111 Å². The van der Waals surface area contributed by atoms with Crippen molar-refractivity contribution in [3.8, 4) is 0 Å². The number of carbonyl (C=O) groups excluding carboxylic acids is 8. The third-order valence-electron chi connectivity index (χ3n) is 14.2. The van der Waals surface area contributed by atoms with E-state index in [1.807, 2.05) is 12.1 Å². The molecule has 0 fully saturated rings. The van der Waals surface area contributed by atoms with Crippen LogP contribution >= 0.6 is 0 Å². The minimum Gasteiger partial charge on any atom is -1.00 e. The number of amides is 6. The lowest BCUT2D eigenvalue weighted by molar-refractivity contribution is -0.543. The molecule has 3 aromatic rings. The van der Waals surface area contributed by atoms with Crippen LogP contribution in [0.4, 0.5) is 0 Å². The number of aliphatic hydroxyl groups excluding tert-OH is 1. The van der Waals surface area contributed by atoms with Gasteiger partial charge in [0.05, 0.1) is 45.4 Å². The van der Waals surface area contributed by atoms with Gasteiger partial charge in [0.25, 0.3) is 8.32 Å². The van der Waals surface area contributed by atoms with Crippen LogP contribution < -0.4 is 65.7 Å². The summed E-state index contributed by atoms with van der Waals surface area (Å²) in [6.07, 6.45) is 0.407. The second kappa shape index (κ2) is 31.9. The van der Waals surface area contributed by atoms with Crippen LogP contribution in [0, 0.1) is 5.92 Å². The molecule has 3 aromatic carbocycles. The van der Waals surface area contributed by atoms with Gasteiger partial charge in [-0.15, -0.1) is 0 Å². The summed E-state index contributed by atoms with van der Waals surface area (Å²) in [6, 6.07) is 23.1. The maximum Gasteiger partial charge on any atom is 0.346 e. The highest BCUT2D eigenvalue weighted by atomic mass is 35.5. The van der Waals surface area contributed by atoms with Gasteiger partial charge < -0.3 is 63.7 Å². The lowest BCUT2D eigenvalue weighted by atomic mass is 10.0. The number of guanidine groups is 1. The number of nitrogens with one attached hydrogen (secondary N) is 7. The molecule has 10 N–H and O–H groups in total. The Morgan fingerprint density at radius 3 is 1.74 bits per heavy atom. The van der Waals surface area contributed by atoms with E-state index in [1.54, 1.807) is 44.2 Å². The maximum atomic E-state index is 13.8. The zero-order valence-corrected chi connectivity index (χ0v) is 49.6. The molecular weight excluding hydrogens is 1080 g/mol. The summed E-state index contributed by atoms with van der Waals surface area (Å²) < 4.78 is 20.1. The van der Waals surface area contributed by atoms with Gasteiger partial charge >= 0.3 is 17.9 Å². The highest BCUT2D eigenvalue weighted by Crippen LogP contribution is 2.37. The van der Waals surface area contributed by atoms with Crippen molar-refractivity contribution in [3.63, 3.8) is 0 Å². The number of rotatable bonds is 29. The Morgan fingerprint density at radius 2 is 1.21 bits per heavy atom. The summed E-state index contributed by atoms with van der Waals surface area (Å²) in [5, 5.41) is 32.7. The number of nitrogens with two attached hydrogens (primary N) is 1. The molecule has 0 aromatic heterocycles. The van der Waals surface area contributed by atoms with Crippen LogP contribution in [0.2, 0.25) is 5.04 Å². The number of unbranched alkanes of at least 4 members (excludes halogenated alkanes) is 1. The van der Waals surface area contributed by atoms with Gasteiger partial charge in [0, 0.05) is 32.1 Å². The number of methoxy groups -OCH3 is 1. The highest BCUT2D eigenvalue weighted by Gasteiger charge is 2.51. The van der Waals surface area contributed by atoms with Crippen LogP contribution in [0.1, 0.15) is 105 Å². The van der Waals surface area contributed by atoms with Crippen LogP contribution in [-0.4, -0.2) is 153 Å². The number of hydrogen-bond donors (Lipinski definition) is 9. The molecule has 2 aliphatic heterocycles. The molecule has 0 radical (unpaired) electrons. The van der Waals surface area contributed by atoms with Crippen LogP contribution in [0.5, 0.6) is 0 Å². The van der Waals surface area contributed by atoms with Gasteiger partial charge in [0.2, 0.25) is 35.4 Å². The summed E-state index contributed by atoms with van der Waals surface area (Å²) in [6.45, 7) is 15.4. The molecule has 0 saturated carbocycles. The Bertz CT molecular complexity index is 2570. The van der Waals surface area contributed by atoms with E-state index in [4.69, 9.17) is 19.6 Å². The quantitative estimate of drug-likeness (QED) is 0.0156. The minimum atomic E-state index is -2.72. The molecule has 0 spiro atoms. The minimum absolute atomic E-state index is 0. The van der Waals surface area contributed by atoms with Crippen LogP contribution in [0.25, 0.3) is 0 Å². The molecule has 8 atom stereocenters. The summed E-state index contributed by atoms with van der Waals surface area (Å²) in [4.78, 5) is 105. The fourth-order valence-electron chi connectivity index (χ4n) is 9.94. The summed E-state index contributed by atoms with van der Waals surface area (Å²) in [5.74, 6) is -5.43. The molecular formula is C58H84ClN9O12Si. The molecule has 2 heterocycles. The Balaban J connectivity index is 0.0000141. The third kappa shape index (κ3) is 20.0. The van der Waals surface area contributed by atoms with Crippen molar-refractivity contribution in [2.45, 2.75) is 160 Å². The summed E-state index contributed by atoms with van der Waals surface area (Å²) in [5.41, 5.74) is 6.14. The number of nitrogens with zero attached hydrogens (tertiary/aromatic N) is 1. The Morgan fingerprint density at radius 1 is 0.691 bits per heavy atom. The molecule has 2 aliphatic rings. The second-order valence-electron chi connectivity index (χ2n) is 22.2. The molecule has 0 bridgehead atoms. The standard InChI is InChI=1S/C58H83N9O12Si.ClH/c1-37(2)32-45(53(73)63-46(34-48(59)69)54(74)65-47(56(76)77-8)33-40-20-12-9-13-21-40)64-55(75)51(39(4)68)66-52(72)38(3)60-49(70)26-18-19-27-50(71)78-35-41-28-30-67-31-29-42(62-57(67)61-41)36-79-80(58(5,6)7,43-22-14-10-15-23-43)44-24-16-11-17-25-44;/h9-17,20-25,37-39,41-42,45-47,51,68H,18-19,26-36H2,1-8H3,(H8,59,60,61,62,63,64,65,66,69,70,72,73,74,75);1H/t38-,39+,41-,42-,45-,46-,47-,51-;/m0./s1. The van der Waals surface area contributed by atoms with Gasteiger partial charge in [-0.1, -0.05) is 126 Å². The first-order valence-electron chi connectivity index (χ1n) is 27.7. The molecule has 0 aliphatic carbocycles. The fourth-order valence-corrected chi connectivity index (χ4v) is 14.5. The molecule has 21 nitrogen and oxygen atoms in total. The van der Waals surface area contributed by atoms with Crippen molar-refractivity contribution in [2.24, 2.45) is 11.7 Å². The van der Waals surface area contributed by atoms with E-state index < -0.39 is 98.4 Å². The molecule has 5 rings (SSSR count). The van der Waals surface area contributed by atoms with Crippen LogP contribution in [-0.2, 0) is 58.7 Å². The van der Waals surface area contributed by atoms with Gasteiger partial charge in [-0.25, -0.2) is 4.79 Å². The van der Waals surface area contributed by atoms with Gasteiger partial charge in [-0.2, -0.15) is 0 Å². The smallest absolute Gasteiger partial charge is 0.346 e. The number of esters is 2. The lowest BCUT2D eigenvalue weighted by Gasteiger charge is -2.44. The zero-order chi connectivity index (χ0) is 58.6. The first-order valence-corrected chi connectivity index (χ1v) is 29.6. The van der Waals surface area contributed by atoms with E-state index in [-0.39, 0.29) is 67.7 Å². The van der Waals surface area contributed by atoms with Gasteiger partial charge in [-0.3, -0.25) is 48.8 Å². The van der Waals surface area contributed by atoms with Crippen LogP contribution in [0.15, 0.2) is 91.0 Å². The SMILES string of the molecule is COC(=O)[C@H](Cc1ccccc1)NC(=O)[C@H](CC(N)=O)NC(=O)[C@H](CC(C)C)NC(=O)[C@@H](NC(=O)[C@H](C)NC(=O)CCCCC(=O)OC[C@@H]1CC[N+]2=C(N1)N[C@H](CO[Si](c1ccccc1)(c1ccccc1)C(C)(C)C)CC2)[C@@H](C)O.[Cl-]. The Kier molecular flexibility index (Phi) is 26.3. The van der Waals surface area contributed by atoms with Crippen molar-refractivity contribution in [1.82, 2.24) is 37.2 Å². The number of primary amides is 1. The molecule has 6 amide bonds. The van der Waals surface area contributed by atoms with Crippen molar-refractivity contribution >= 4 is 72.0 Å². The first kappa shape index (κ1) is 66.6. The lowest BCUT2D eigenvalue weighted by Crippen LogP contribution is -3.00. The topological polar surface area (TPSA) is 298 Å². The summed E-state index contributed by atoms with van der Waals surface area (Å²) in [7, 11) is -1.57. The largest absolute Gasteiger partial charge is 1.00 e. The van der Waals surface area contributed by atoms with Gasteiger partial charge in [-0.05, 0) is 60.0 Å². The number of halogens is 1. The third-order valence-corrected chi connectivity index (χ3v) is 19.2. The van der Waals surface area contributed by atoms with Crippen molar-refractivity contribution in [1.29, 1.82) is 0 Å². The second-order valence-corrected chi connectivity index (χ2v) is 26.5. The molecule has 23 heteroatoms. The first-order chi connectivity index (χ1) is 38.0. The number of hydrogen-bond acceptors (Lipinski definition) is 14. The van der Waals surface area contributed by atoms with E-state index in [0.717, 1.165) is 39.0 Å². The maximum absolute atomic E-state index is 13.8. The predicted molar refractivity (Wildman–Crippen MR) is 304 cm³/mol. The number of benzene rings is 3. The van der Waals surface area contributed by atoms with Crippen molar-refractivity contribution in [2.75, 3.05) is 33.4 Å². The Hall–Kier alpha value is -6.88. The number of carbonyl (C=O) groups is 8. The van der Waals surface area contributed by atoms with E-state index in [0.29, 0.717) is 25.0 Å². The average molecular weight is 1160 g/mol. The molecule has 81 heavy (non-hydrogen) atoms. The van der Waals surface area contributed by atoms with E-state index in [1.165, 1.54) is 24.2 Å². The van der Waals surface area contributed by atoms with Crippen molar-refractivity contribution < 1.29 is 74.3 Å². The average Bonchev–Trinajstić information content (AvgIpc) is 3.47. The van der Waals surface area contributed by atoms with Crippen molar-refractivity contribution in [3.05, 3.63) is 96.6 Å². The molecule has 0 saturated heterocycles. The molecule has 0 unspecified atom stereocenters. The number of aliphatic hydroxyl groups is 1. The van der Waals surface area contributed by atoms with E-state index in [9.17, 15) is 43.5 Å². The number of ether oxygens (including phenoxy) is 2. The summed E-state index contributed by atoms with van der Waals surface area (Å²) >= 11 is 0. The normalized spacial score (nSPS) is 17.3. The van der Waals surface area contributed by atoms with Gasteiger partial charge in [0.1, 0.15) is 42.9 Å². The molecule has 444 valence electrons. The monoisotopic (exact) mass is 1160 g/mol. The van der Waals surface area contributed by atoms with Crippen LogP contribution in [0.3, 0.4) is 0 Å². The highest BCUT2D eigenvalue weighted by molar-refractivity contribution is 6.99. The van der Waals surface area contributed by atoms with E-state index >= 15 is 0 Å². The van der Waals surface area contributed by atoms with Gasteiger partial charge in [0.15, 0.2) is 0 Å². The fraction of sp³-hybridized carbons (Fsp3) is 0.534. The zero-order valence-electron chi connectivity index (χ0n) is 47.9. The Labute approximate surface area is 483 Å².